The van der Waals surface area contributed by atoms with E-state index in [0.717, 1.165) is 37.8 Å². The molecule has 0 bridgehead atoms. The van der Waals surface area contributed by atoms with E-state index in [2.05, 4.69) is 15.4 Å². The molecule has 2 N–H and O–H groups in total. The van der Waals surface area contributed by atoms with E-state index in [1.807, 2.05) is 7.05 Å². The minimum absolute atomic E-state index is 0.107. The number of likely N-dealkylation sites (N-methyl/N-ethyl adjacent to an activating group) is 1. The van der Waals surface area contributed by atoms with Crippen molar-refractivity contribution in [1.82, 2.24) is 14.6 Å². The maximum Gasteiger partial charge on any atom is 0.271 e. The van der Waals surface area contributed by atoms with E-state index in [1.54, 1.807) is 18.2 Å². The minimum Gasteiger partial charge on any atom is -0.508 e. The molecule has 1 aromatic rings. The van der Waals surface area contributed by atoms with Crippen molar-refractivity contribution in [2.24, 2.45) is 5.10 Å². The van der Waals surface area contributed by atoms with Crippen molar-refractivity contribution >= 4 is 21.6 Å². The fraction of sp³-hybridized carbons (Fsp3) is 0.455. The van der Waals surface area contributed by atoms with Crippen LogP contribution in [-0.4, -0.2) is 67.6 Å². The van der Waals surface area contributed by atoms with E-state index in [9.17, 15) is 18.3 Å². The van der Waals surface area contributed by atoms with Crippen molar-refractivity contribution < 1.29 is 18.3 Å². The van der Waals surface area contributed by atoms with Crippen LogP contribution in [0.15, 0.2) is 57.2 Å². The Morgan fingerprint density at radius 3 is 2.81 bits per heavy atom. The van der Waals surface area contributed by atoms with Crippen LogP contribution in [0.4, 0.5) is 0 Å². The van der Waals surface area contributed by atoms with Gasteiger partial charge in [0.25, 0.3) is 5.91 Å². The summed E-state index contributed by atoms with van der Waals surface area (Å²) in [5.41, 5.74) is 5.34. The van der Waals surface area contributed by atoms with Crippen molar-refractivity contribution in [3.05, 3.63) is 52.8 Å². The van der Waals surface area contributed by atoms with Crippen molar-refractivity contribution in [1.29, 1.82) is 0 Å². The van der Waals surface area contributed by atoms with Gasteiger partial charge in [-0.05, 0) is 70.0 Å². The van der Waals surface area contributed by atoms with Crippen LogP contribution in [0.1, 0.15) is 42.5 Å². The third kappa shape index (κ3) is 4.58. The Morgan fingerprint density at radius 1 is 1.13 bits per heavy atom. The van der Waals surface area contributed by atoms with Crippen LogP contribution >= 0.6 is 0 Å². The standard InChI is InChI=1S/C22H28N4O4S/c1-25-11-4-12-26(14-13-25)31(29,30)18-7-2-6-17(15-18)22(28)24-23-19-10-9-16-5-3-8-20(27)21(16)19/h2,6-8,15,27H,3-5,9-14H2,1H3,(H,24,28)/b23-19+. The van der Waals surface area contributed by atoms with Crippen LogP contribution in [0.25, 0.3) is 0 Å². The topological polar surface area (TPSA) is 102 Å². The van der Waals surface area contributed by atoms with Gasteiger partial charge in [-0.3, -0.25) is 4.79 Å². The summed E-state index contributed by atoms with van der Waals surface area (Å²) in [7, 11) is -1.69. The van der Waals surface area contributed by atoms with Gasteiger partial charge in [-0.2, -0.15) is 9.41 Å². The Balaban J connectivity index is 1.50. The maximum atomic E-state index is 13.1. The number of hydrazone groups is 1. The number of allylic oxidation sites excluding steroid dienone is 3. The molecule has 0 radical (unpaired) electrons. The lowest BCUT2D eigenvalue weighted by Gasteiger charge is -2.20. The Labute approximate surface area is 183 Å². The van der Waals surface area contributed by atoms with Crippen LogP contribution in [-0.2, 0) is 10.0 Å². The highest BCUT2D eigenvalue weighted by Gasteiger charge is 2.28. The predicted octanol–water partition coefficient (Wildman–Crippen LogP) is 2.42. The zero-order valence-corrected chi connectivity index (χ0v) is 18.5. The number of sulfonamides is 1. The van der Waals surface area contributed by atoms with Crippen LogP contribution in [0.5, 0.6) is 0 Å². The average Bonchev–Trinajstić information content (AvgIpc) is 3.05. The van der Waals surface area contributed by atoms with Gasteiger partial charge < -0.3 is 10.0 Å². The Hall–Kier alpha value is -2.49. The molecule has 9 heteroatoms. The number of amides is 1. The van der Waals surface area contributed by atoms with Gasteiger partial charge in [-0.25, -0.2) is 13.8 Å². The number of hydrogen-bond acceptors (Lipinski definition) is 6. The lowest BCUT2D eigenvalue weighted by molar-refractivity contribution is 0.0954. The summed E-state index contributed by atoms with van der Waals surface area (Å²) in [6.45, 7) is 2.43. The molecule has 0 spiro atoms. The number of rotatable bonds is 4. The van der Waals surface area contributed by atoms with Gasteiger partial charge in [0.2, 0.25) is 10.0 Å². The van der Waals surface area contributed by atoms with Crippen molar-refractivity contribution in [2.45, 2.75) is 37.0 Å². The Morgan fingerprint density at radius 2 is 1.97 bits per heavy atom. The molecule has 1 fully saturated rings. The largest absolute Gasteiger partial charge is 0.508 e. The van der Waals surface area contributed by atoms with Gasteiger partial charge in [0.1, 0.15) is 5.76 Å². The molecule has 8 nitrogen and oxygen atoms in total. The van der Waals surface area contributed by atoms with Crippen LogP contribution in [0.3, 0.4) is 0 Å². The second-order valence-electron chi connectivity index (χ2n) is 8.19. The average molecular weight is 445 g/mol. The fourth-order valence-electron chi connectivity index (χ4n) is 4.29. The molecule has 31 heavy (non-hydrogen) atoms. The number of benzene rings is 1. The quantitative estimate of drug-likeness (QED) is 0.695. The monoisotopic (exact) mass is 444 g/mol. The van der Waals surface area contributed by atoms with E-state index >= 15 is 0 Å². The number of nitrogens with one attached hydrogen (secondary N) is 1. The smallest absolute Gasteiger partial charge is 0.271 e. The van der Waals surface area contributed by atoms with Gasteiger partial charge >= 0.3 is 0 Å². The van der Waals surface area contributed by atoms with Gasteiger partial charge in [-0.1, -0.05) is 11.6 Å². The van der Waals surface area contributed by atoms with Gasteiger partial charge in [0, 0.05) is 30.8 Å². The zero-order valence-electron chi connectivity index (χ0n) is 17.7. The number of aliphatic hydroxyl groups excluding tert-OH is 1. The van der Waals surface area contributed by atoms with E-state index in [0.29, 0.717) is 31.8 Å². The summed E-state index contributed by atoms with van der Waals surface area (Å²) in [6.07, 6.45) is 5.77. The third-order valence-corrected chi connectivity index (χ3v) is 7.95. The van der Waals surface area contributed by atoms with Crippen molar-refractivity contribution in [2.75, 3.05) is 33.2 Å². The zero-order chi connectivity index (χ0) is 22.0. The van der Waals surface area contributed by atoms with E-state index < -0.39 is 15.9 Å². The molecule has 4 rings (SSSR count). The summed E-state index contributed by atoms with van der Waals surface area (Å²) in [5.74, 6) is -0.253. The van der Waals surface area contributed by atoms with Crippen LogP contribution in [0, 0.1) is 0 Å². The lowest BCUT2D eigenvalue weighted by atomic mass is 9.98. The van der Waals surface area contributed by atoms with Crippen LogP contribution < -0.4 is 5.43 Å². The first-order chi connectivity index (χ1) is 14.9. The molecule has 3 aliphatic rings. The molecule has 1 saturated heterocycles. The van der Waals surface area contributed by atoms with E-state index in [1.165, 1.54) is 22.0 Å². The minimum atomic E-state index is -3.68. The number of nitrogens with zero attached hydrogens (tertiary/aromatic N) is 3. The molecule has 0 saturated carbocycles. The second-order valence-corrected chi connectivity index (χ2v) is 10.1. The highest BCUT2D eigenvalue weighted by atomic mass is 32.2. The molecule has 1 aliphatic heterocycles. The summed E-state index contributed by atoms with van der Waals surface area (Å²) in [4.78, 5) is 14.9. The Bertz CT molecular complexity index is 1070. The highest BCUT2D eigenvalue weighted by molar-refractivity contribution is 7.89. The molecule has 0 atom stereocenters. The number of carbonyl (C=O) groups excluding carboxylic acids is 1. The van der Waals surface area contributed by atoms with E-state index in [4.69, 9.17) is 0 Å². The molecule has 1 heterocycles. The van der Waals surface area contributed by atoms with Gasteiger partial charge in [0.05, 0.1) is 10.6 Å². The SMILES string of the molecule is CN1CCCN(S(=O)(=O)c2cccc(C(=O)N/N=C3\CCC4=C3C(O)=CCC4)c2)CC1. The molecular formula is C22H28N4O4S. The summed E-state index contributed by atoms with van der Waals surface area (Å²) < 4.78 is 27.7. The maximum absolute atomic E-state index is 13.1. The van der Waals surface area contributed by atoms with Gasteiger partial charge in [-0.15, -0.1) is 0 Å². The molecular weight excluding hydrogens is 416 g/mol. The highest BCUT2D eigenvalue weighted by Crippen LogP contribution is 2.34. The first kappa shape index (κ1) is 21.7. The first-order valence-corrected chi connectivity index (χ1v) is 12.1. The van der Waals surface area contributed by atoms with Crippen LogP contribution in [0.2, 0.25) is 0 Å². The Kier molecular flexibility index (Phi) is 6.27. The number of carbonyl (C=O) groups is 1. The summed E-state index contributed by atoms with van der Waals surface area (Å²) in [5, 5.41) is 14.4. The molecule has 1 amide bonds. The van der Waals surface area contributed by atoms with Crippen molar-refractivity contribution in [3.8, 4) is 0 Å². The lowest BCUT2D eigenvalue weighted by Crippen LogP contribution is -2.34. The van der Waals surface area contributed by atoms with Gasteiger partial charge in [0.15, 0.2) is 0 Å². The molecule has 166 valence electrons. The third-order valence-electron chi connectivity index (χ3n) is 6.05. The summed E-state index contributed by atoms with van der Waals surface area (Å²) >= 11 is 0. The number of aliphatic hydroxyl groups is 1. The molecule has 0 aromatic heterocycles. The normalized spacial score (nSPS) is 22.2. The summed E-state index contributed by atoms with van der Waals surface area (Å²) in [6, 6.07) is 6.06. The predicted molar refractivity (Wildman–Crippen MR) is 118 cm³/mol. The van der Waals surface area contributed by atoms with Crippen molar-refractivity contribution in [3.63, 3.8) is 0 Å². The van der Waals surface area contributed by atoms with E-state index in [-0.39, 0.29) is 16.2 Å². The molecule has 1 aromatic carbocycles. The first-order valence-electron chi connectivity index (χ1n) is 10.6. The molecule has 2 aliphatic carbocycles. The number of hydrogen-bond donors (Lipinski definition) is 2. The fourth-order valence-corrected chi connectivity index (χ4v) is 5.81. The second kappa shape index (κ2) is 8.94. The molecule has 0 unspecified atom stereocenters.